The molecule has 4 heteroatoms. The Labute approximate surface area is 101 Å². The van der Waals surface area contributed by atoms with E-state index in [1.54, 1.807) is 7.11 Å². The van der Waals surface area contributed by atoms with Gasteiger partial charge in [0.05, 0.1) is 18.5 Å². The topological polar surface area (TPSA) is 47.3 Å². The van der Waals surface area contributed by atoms with Crippen LogP contribution in [-0.2, 0) is 0 Å². The first-order valence-corrected chi connectivity index (χ1v) is 6.30. The fourth-order valence-electron chi connectivity index (χ4n) is 1.30. The van der Waals surface area contributed by atoms with Crippen molar-refractivity contribution in [1.82, 2.24) is 0 Å². The Morgan fingerprint density at radius 2 is 2.38 bits per heavy atom. The number of hydrogen-bond donors (Lipinski definition) is 2. The molecule has 0 saturated heterocycles. The summed E-state index contributed by atoms with van der Waals surface area (Å²) in [6.07, 6.45) is 1.91. The van der Waals surface area contributed by atoms with Crippen LogP contribution in [0.15, 0.2) is 30.9 Å². The molecule has 0 bridgehead atoms. The van der Waals surface area contributed by atoms with Crippen LogP contribution in [0, 0.1) is 0 Å². The van der Waals surface area contributed by atoms with Crippen molar-refractivity contribution in [2.45, 2.75) is 0 Å². The van der Waals surface area contributed by atoms with Crippen molar-refractivity contribution < 1.29 is 4.74 Å². The molecule has 1 aromatic carbocycles. The summed E-state index contributed by atoms with van der Waals surface area (Å²) >= 11 is 1.84. The minimum atomic E-state index is 0.665. The molecule has 0 amide bonds. The number of nitrogens with two attached hydrogens (primary N) is 1. The lowest BCUT2D eigenvalue weighted by molar-refractivity contribution is 0.417. The van der Waals surface area contributed by atoms with Gasteiger partial charge in [0.2, 0.25) is 0 Å². The molecule has 1 rings (SSSR count). The molecule has 3 N–H and O–H groups in total. The summed E-state index contributed by atoms with van der Waals surface area (Å²) in [5.41, 5.74) is 7.52. The van der Waals surface area contributed by atoms with Crippen molar-refractivity contribution in [3.05, 3.63) is 30.9 Å². The lowest BCUT2D eigenvalue weighted by Gasteiger charge is -2.11. The lowest BCUT2D eigenvalue weighted by atomic mass is 10.2. The Bertz CT molecular complexity index is 342. The normalized spacial score (nSPS) is 9.81. The van der Waals surface area contributed by atoms with Crippen LogP contribution in [0.25, 0.3) is 0 Å². The first-order chi connectivity index (χ1) is 7.79. The predicted octanol–water partition coefficient (Wildman–Crippen LogP) is 2.61. The molecule has 0 fully saturated rings. The van der Waals surface area contributed by atoms with Gasteiger partial charge in [0.25, 0.3) is 0 Å². The summed E-state index contributed by atoms with van der Waals surface area (Å²) in [7, 11) is 1.62. The van der Waals surface area contributed by atoms with E-state index in [1.807, 2.05) is 36.0 Å². The number of ether oxygens (including phenoxy) is 1. The Balaban J connectivity index is 2.44. The van der Waals surface area contributed by atoms with Gasteiger partial charge >= 0.3 is 0 Å². The SMILES string of the molecule is C=CCSCCNc1cccc(OC)c1N. The molecular formula is C12H18N2OS. The second-order valence-electron chi connectivity index (χ2n) is 3.21. The molecule has 0 aliphatic carbocycles. The smallest absolute Gasteiger partial charge is 0.143 e. The van der Waals surface area contributed by atoms with Crippen LogP contribution in [0.5, 0.6) is 5.75 Å². The average molecular weight is 238 g/mol. The van der Waals surface area contributed by atoms with E-state index in [2.05, 4.69) is 11.9 Å². The van der Waals surface area contributed by atoms with Crippen molar-refractivity contribution in [1.29, 1.82) is 0 Å². The van der Waals surface area contributed by atoms with Crippen molar-refractivity contribution in [2.75, 3.05) is 36.2 Å². The van der Waals surface area contributed by atoms with Gasteiger partial charge in [-0.05, 0) is 12.1 Å². The summed E-state index contributed by atoms with van der Waals surface area (Å²) < 4.78 is 5.15. The van der Waals surface area contributed by atoms with Gasteiger partial charge in [-0.3, -0.25) is 0 Å². The molecule has 3 nitrogen and oxygen atoms in total. The molecule has 0 heterocycles. The lowest BCUT2D eigenvalue weighted by Crippen LogP contribution is -2.07. The molecular weight excluding hydrogens is 220 g/mol. The van der Waals surface area contributed by atoms with Gasteiger partial charge in [-0.2, -0.15) is 11.8 Å². The first-order valence-electron chi connectivity index (χ1n) is 5.14. The molecule has 16 heavy (non-hydrogen) atoms. The highest BCUT2D eigenvalue weighted by molar-refractivity contribution is 7.99. The van der Waals surface area contributed by atoms with Crippen molar-refractivity contribution >= 4 is 23.1 Å². The zero-order valence-electron chi connectivity index (χ0n) is 9.53. The fraction of sp³-hybridized carbons (Fsp3) is 0.333. The molecule has 1 aromatic rings. The second kappa shape index (κ2) is 7.06. The quantitative estimate of drug-likeness (QED) is 0.435. The van der Waals surface area contributed by atoms with Crippen LogP contribution in [0.4, 0.5) is 11.4 Å². The van der Waals surface area contributed by atoms with Gasteiger partial charge in [0.1, 0.15) is 5.75 Å². The third kappa shape index (κ3) is 3.70. The second-order valence-corrected chi connectivity index (χ2v) is 4.36. The standard InChI is InChI=1S/C12H18N2OS/c1-3-8-16-9-7-14-10-5-4-6-11(15-2)12(10)13/h3-6,14H,1,7-9,13H2,2H3. The molecule has 0 aromatic heterocycles. The molecule has 0 aliphatic rings. The third-order valence-electron chi connectivity index (χ3n) is 2.08. The maximum Gasteiger partial charge on any atom is 0.143 e. The number of thioether (sulfide) groups is 1. The van der Waals surface area contributed by atoms with Crippen LogP contribution in [0.1, 0.15) is 0 Å². The third-order valence-corrected chi connectivity index (χ3v) is 3.05. The van der Waals surface area contributed by atoms with E-state index in [4.69, 9.17) is 10.5 Å². The van der Waals surface area contributed by atoms with E-state index in [9.17, 15) is 0 Å². The minimum absolute atomic E-state index is 0.665. The molecule has 0 aliphatic heterocycles. The monoisotopic (exact) mass is 238 g/mol. The first kappa shape index (κ1) is 12.8. The minimum Gasteiger partial charge on any atom is -0.495 e. The van der Waals surface area contributed by atoms with Crippen molar-refractivity contribution in [3.8, 4) is 5.75 Å². The van der Waals surface area contributed by atoms with E-state index >= 15 is 0 Å². The van der Waals surface area contributed by atoms with E-state index < -0.39 is 0 Å². The number of nitrogen functional groups attached to an aromatic ring is 1. The highest BCUT2D eigenvalue weighted by Gasteiger charge is 2.03. The van der Waals surface area contributed by atoms with Gasteiger partial charge in [0.15, 0.2) is 0 Å². The van der Waals surface area contributed by atoms with Gasteiger partial charge in [-0.1, -0.05) is 12.1 Å². The molecule has 88 valence electrons. The highest BCUT2D eigenvalue weighted by atomic mass is 32.2. The van der Waals surface area contributed by atoms with Crippen LogP contribution in [0.3, 0.4) is 0 Å². The maximum absolute atomic E-state index is 5.92. The van der Waals surface area contributed by atoms with E-state index in [0.29, 0.717) is 11.4 Å². The Morgan fingerprint density at radius 1 is 1.56 bits per heavy atom. The Morgan fingerprint density at radius 3 is 3.06 bits per heavy atom. The van der Waals surface area contributed by atoms with Gasteiger partial charge in [-0.15, -0.1) is 6.58 Å². The average Bonchev–Trinajstić information content (AvgIpc) is 2.31. The zero-order valence-corrected chi connectivity index (χ0v) is 10.3. The summed E-state index contributed by atoms with van der Waals surface area (Å²) in [6.45, 7) is 4.56. The molecule has 0 radical (unpaired) electrons. The summed E-state index contributed by atoms with van der Waals surface area (Å²) in [6, 6.07) is 5.73. The van der Waals surface area contributed by atoms with E-state index in [1.165, 1.54) is 0 Å². The van der Waals surface area contributed by atoms with Crippen LogP contribution in [-0.4, -0.2) is 25.2 Å². The number of rotatable bonds is 7. The highest BCUT2D eigenvalue weighted by Crippen LogP contribution is 2.28. The van der Waals surface area contributed by atoms with Gasteiger partial charge in [-0.25, -0.2) is 0 Å². The number of benzene rings is 1. The van der Waals surface area contributed by atoms with Crippen LogP contribution < -0.4 is 15.8 Å². The van der Waals surface area contributed by atoms with Gasteiger partial charge in [0, 0.05) is 18.1 Å². The molecule has 0 spiro atoms. The number of methoxy groups -OCH3 is 1. The molecule has 0 unspecified atom stereocenters. The summed E-state index contributed by atoms with van der Waals surface area (Å²) in [4.78, 5) is 0. The molecule has 0 saturated carbocycles. The zero-order chi connectivity index (χ0) is 11.8. The summed E-state index contributed by atoms with van der Waals surface area (Å²) in [5, 5.41) is 3.29. The number of nitrogens with one attached hydrogen (secondary N) is 1. The Kier molecular flexibility index (Phi) is 5.64. The van der Waals surface area contributed by atoms with Crippen molar-refractivity contribution in [3.63, 3.8) is 0 Å². The van der Waals surface area contributed by atoms with E-state index in [0.717, 1.165) is 23.7 Å². The van der Waals surface area contributed by atoms with Gasteiger partial charge < -0.3 is 15.8 Å². The number of hydrogen-bond acceptors (Lipinski definition) is 4. The fourth-order valence-corrected chi connectivity index (χ4v) is 1.88. The predicted molar refractivity (Wildman–Crippen MR) is 73.4 cm³/mol. The van der Waals surface area contributed by atoms with E-state index in [-0.39, 0.29) is 0 Å². The summed E-state index contributed by atoms with van der Waals surface area (Å²) in [5.74, 6) is 2.72. The number of para-hydroxylation sites is 1. The van der Waals surface area contributed by atoms with Crippen LogP contribution in [0.2, 0.25) is 0 Å². The maximum atomic E-state index is 5.92. The largest absolute Gasteiger partial charge is 0.495 e. The van der Waals surface area contributed by atoms with Crippen molar-refractivity contribution in [2.24, 2.45) is 0 Å². The molecule has 0 atom stereocenters. The Hall–Kier alpha value is -1.29. The van der Waals surface area contributed by atoms with Crippen LogP contribution >= 0.6 is 11.8 Å². The number of anilines is 2.